The molecule has 1 N–H and O–H groups in total. The summed E-state index contributed by atoms with van der Waals surface area (Å²) in [7, 11) is 2.15. The molecule has 1 aliphatic carbocycles. The fourth-order valence-corrected chi connectivity index (χ4v) is 6.43. The van der Waals surface area contributed by atoms with Crippen LogP contribution in [0, 0.1) is 0 Å². The standard InChI is InChI=1S/C30H38N4O2S/c1-32(19-23-7-9-25(10-8-23)24-5-3-2-4-6-24)27-13-11-26(12-14-27)28-22-37-29(31-28)20-33-15-17-34(18-16-33)21-30(35)36/h7-14,22,24H,2-6,15-21H2,1H3,(H,35,36). The second kappa shape index (κ2) is 12.2. The summed E-state index contributed by atoms with van der Waals surface area (Å²) in [5.74, 6) is 0.00656. The molecule has 5 rings (SSSR count). The van der Waals surface area contributed by atoms with Gasteiger partial charge in [-0.25, -0.2) is 4.98 Å². The van der Waals surface area contributed by atoms with Crippen LogP contribution in [-0.2, 0) is 17.9 Å². The van der Waals surface area contributed by atoms with Crippen molar-refractivity contribution >= 4 is 23.0 Å². The molecule has 1 saturated carbocycles. The molecule has 37 heavy (non-hydrogen) atoms. The van der Waals surface area contributed by atoms with Gasteiger partial charge in [0, 0.05) is 56.4 Å². The Kier molecular flexibility index (Phi) is 8.54. The third kappa shape index (κ3) is 6.98. The molecule has 0 spiro atoms. The van der Waals surface area contributed by atoms with Gasteiger partial charge in [0.15, 0.2) is 0 Å². The fourth-order valence-electron chi connectivity index (χ4n) is 5.59. The summed E-state index contributed by atoms with van der Waals surface area (Å²) < 4.78 is 0. The molecule has 0 atom stereocenters. The second-order valence-corrected chi connectivity index (χ2v) is 11.5. The lowest BCUT2D eigenvalue weighted by atomic mass is 9.84. The summed E-state index contributed by atoms with van der Waals surface area (Å²) >= 11 is 1.70. The van der Waals surface area contributed by atoms with Gasteiger partial charge in [0.05, 0.1) is 18.8 Å². The number of nitrogens with zero attached hydrogens (tertiary/aromatic N) is 4. The van der Waals surface area contributed by atoms with Crippen LogP contribution in [0.2, 0.25) is 0 Å². The first-order chi connectivity index (χ1) is 18.0. The Hall–Kier alpha value is -2.74. The first kappa shape index (κ1) is 25.9. The van der Waals surface area contributed by atoms with Gasteiger partial charge in [-0.05, 0) is 42.0 Å². The molecule has 1 aliphatic heterocycles. The number of aliphatic carboxylic acids is 1. The van der Waals surface area contributed by atoms with E-state index in [2.05, 4.69) is 70.8 Å². The maximum absolute atomic E-state index is 10.9. The van der Waals surface area contributed by atoms with E-state index in [-0.39, 0.29) is 6.54 Å². The Bertz CT molecular complexity index is 1150. The number of benzene rings is 2. The van der Waals surface area contributed by atoms with Gasteiger partial charge in [-0.2, -0.15) is 0 Å². The Labute approximate surface area is 224 Å². The minimum absolute atomic E-state index is 0.132. The van der Waals surface area contributed by atoms with E-state index in [9.17, 15) is 4.79 Å². The first-order valence-electron chi connectivity index (χ1n) is 13.5. The van der Waals surface area contributed by atoms with Gasteiger partial charge in [-0.3, -0.25) is 14.6 Å². The van der Waals surface area contributed by atoms with Crippen molar-refractivity contribution in [1.29, 1.82) is 0 Å². The zero-order valence-corrected chi connectivity index (χ0v) is 22.6. The molecule has 1 saturated heterocycles. The monoisotopic (exact) mass is 518 g/mol. The van der Waals surface area contributed by atoms with E-state index in [1.54, 1.807) is 11.3 Å². The Balaban J connectivity index is 1.13. The lowest BCUT2D eigenvalue weighted by Crippen LogP contribution is -2.47. The van der Waals surface area contributed by atoms with Crippen molar-refractivity contribution < 1.29 is 9.90 Å². The third-order valence-electron chi connectivity index (χ3n) is 7.81. The summed E-state index contributed by atoms with van der Waals surface area (Å²) in [6.07, 6.45) is 6.84. The van der Waals surface area contributed by atoms with Crippen LogP contribution >= 0.6 is 11.3 Å². The van der Waals surface area contributed by atoms with Crippen LogP contribution in [0.3, 0.4) is 0 Å². The Morgan fingerprint density at radius 2 is 1.65 bits per heavy atom. The number of thiazole rings is 1. The molecular weight excluding hydrogens is 480 g/mol. The van der Waals surface area contributed by atoms with Crippen molar-refractivity contribution in [1.82, 2.24) is 14.8 Å². The molecule has 6 nitrogen and oxygen atoms in total. The smallest absolute Gasteiger partial charge is 0.317 e. The van der Waals surface area contributed by atoms with Gasteiger partial charge in [-0.15, -0.1) is 11.3 Å². The highest BCUT2D eigenvalue weighted by molar-refractivity contribution is 7.09. The Morgan fingerprint density at radius 1 is 0.973 bits per heavy atom. The van der Waals surface area contributed by atoms with E-state index in [1.165, 1.54) is 48.9 Å². The van der Waals surface area contributed by atoms with Gasteiger partial charge < -0.3 is 10.0 Å². The zero-order chi connectivity index (χ0) is 25.6. The van der Waals surface area contributed by atoms with Crippen LogP contribution in [0.4, 0.5) is 5.69 Å². The molecule has 3 aromatic rings. The van der Waals surface area contributed by atoms with Crippen LogP contribution < -0.4 is 4.90 Å². The summed E-state index contributed by atoms with van der Waals surface area (Å²) in [5.41, 5.74) is 6.23. The summed E-state index contributed by atoms with van der Waals surface area (Å²) in [4.78, 5) is 22.5. The van der Waals surface area contributed by atoms with Crippen LogP contribution in [0.15, 0.2) is 53.9 Å². The minimum Gasteiger partial charge on any atom is -0.480 e. The van der Waals surface area contributed by atoms with Crippen LogP contribution in [0.25, 0.3) is 11.3 Å². The number of hydrogen-bond donors (Lipinski definition) is 1. The average molecular weight is 519 g/mol. The number of carbonyl (C=O) groups is 1. The maximum atomic E-state index is 10.9. The van der Waals surface area contributed by atoms with Gasteiger partial charge in [0.1, 0.15) is 5.01 Å². The number of carboxylic acid groups (broad SMARTS) is 1. The van der Waals surface area contributed by atoms with E-state index in [4.69, 9.17) is 10.1 Å². The van der Waals surface area contributed by atoms with Crippen molar-refractivity contribution in [3.05, 3.63) is 70.0 Å². The number of aromatic nitrogens is 1. The van der Waals surface area contributed by atoms with Gasteiger partial charge >= 0.3 is 5.97 Å². The molecule has 0 amide bonds. The van der Waals surface area contributed by atoms with Crippen molar-refractivity contribution in [3.8, 4) is 11.3 Å². The molecule has 0 bridgehead atoms. The summed E-state index contributed by atoms with van der Waals surface area (Å²) in [6, 6.07) is 18.0. The summed E-state index contributed by atoms with van der Waals surface area (Å²) in [6.45, 7) is 5.21. The lowest BCUT2D eigenvalue weighted by molar-refractivity contribution is -0.138. The van der Waals surface area contributed by atoms with E-state index < -0.39 is 5.97 Å². The molecule has 196 valence electrons. The molecule has 2 fully saturated rings. The van der Waals surface area contributed by atoms with Crippen molar-refractivity contribution in [2.45, 2.75) is 51.1 Å². The first-order valence-corrected chi connectivity index (χ1v) is 14.4. The van der Waals surface area contributed by atoms with E-state index in [0.29, 0.717) is 0 Å². The largest absolute Gasteiger partial charge is 0.480 e. The highest BCUT2D eigenvalue weighted by Crippen LogP contribution is 2.33. The zero-order valence-electron chi connectivity index (χ0n) is 21.8. The lowest BCUT2D eigenvalue weighted by Gasteiger charge is -2.33. The molecule has 2 heterocycles. The van der Waals surface area contributed by atoms with Gasteiger partial charge in [0.2, 0.25) is 0 Å². The van der Waals surface area contributed by atoms with E-state index in [0.717, 1.165) is 61.5 Å². The van der Waals surface area contributed by atoms with Crippen molar-refractivity contribution in [2.24, 2.45) is 0 Å². The highest BCUT2D eigenvalue weighted by atomic mass is 32.1. The normalized spacial score (nSPS) is 17.6. The van der Waals surface area contributed by atoms with Crippen molar-refractivity contribution in [2.75, 3.05) is 44.7 Å². The van der Waals surface area contributed by atoms with Crippen molar-refractivity contribution in [3.63, 3.8) is 0 Å². The predicted octanol–water partition coefficient (Wildman–Crippen LogP) is 5.70. The topological polar surface area (TPSA) is 59.9 Å². The van der Waals surface area contributed by atoms with Gasteiger partial charge in [0.25, 0.3) is 0 Å². The SMILES string of the molecule is CN(Cc1ccc(C2CCCCC2)cc1)c1ccc(-c2csc(CN3CCN(CC(=O)O)CC3)n2)cc1. The molecule has 0 radical (unpaired) electrons. The average Bonchev–Trinajstić information content (AvgIpc) is 3.39. The highest BCUT2D eigenvalue weighted by Gasteiger charge is 2.20. The number of rotatable bonds is 9. The van der Waals surface area contributed by atoms with Crippen LogP contribution in [0.1, 0.15) is 54.2 Å². The molecule has 0 unspecified atom stereocenters. The van der Waals surface area contributed by atoms with Crippen LogP contribution in [0.5, 0.6) is 0 Å². The molecule has 2 aromatic carbocycles. The predicted molar refractivity (Wildman–Crippen MR) is 151 cm³/mol. The number of carboxylic acids is 1. The molecule has 7 heteroatoms. The minimum atomic E-state index is -0.751. The van der Waals surface area contributed by atoms with Gasteiger partial charge in [-0.1, -0.05) is 55.7 Å². The number of piperazine rings is 1. The number of hydrogen-bond acceptors (Lipinski definition) is 6. The summed E-state index contributed by atoms with van der Waals surface area (Å²) in [5, 5.41) is 12.2. The Morgan fingerprint density at radius 3 is 2.32 bits per heavy atom. The molecule has 2 aliphatic rings. The van der Waals surface area contributed by atoms with E-state index >= 15 is 0 Å². The number of anilines is 1. The third-order valence-corrected chi connectivity index (χ3v) is 8.65. The quantitative estimate of drug-likeness (QED) is 0.392. The maximum Gasteiger partial charge on any atom is 0.317 e. The molecular formula is C30H38N4O2S. The van der Waals surface area contributed by atoms with E-state index in [1.807, 2.05) is 4.90 Å². The molecule has 1 aromatic heterocycles. The fraction of sp³-hybridized carbons (Fsp3) is 0.467. The second-order valence-electron chi connectivity index (χ2n) is 10.6. The van der Waals surface area contributed by atoms with Crippen LogP contribution in [-0.4, -0.2) is 65.6 Å².